The van der Waals surface area contributed by atoms with Gasteiger partial charge in [-0.2, -0.15) is 0 Å². The number of likely N-dealkylation sites (N-methyl/N-ethyl adjacent to an activating group) is 1. The molecular weight excluding hydrogens is 741 g/mol. The molecule has 0 spiro atoms. The molecule has 0 aromatic carbocycles. The lowest BCUT2D eigenvalue weighted by atomic mass is 10.1. The Hall–Kier alpha value is -2.59. The van der Waals surface area contributed by atoms with Gasteiger partial charge in [-0.1, -0.05) is 138 Å². The summed E-state index contributed by atoms with van der Waals surface area (Å²) < 4.78 is 34.2. The minimum Gasteiger partial charge on any atom is -0.462 e. The molecule has 11 heteroatoms. The molecule has 0 aliphatic rings. The molecule has 0 rings (SSSR count). The SMILES string of the molecule is CC/C=C/C/C=C/C=C/C(O)CCCCCCCC(=O)OC[C@H](COP(=O)(O)OCC[N+](C)(C)C)OC(=O)CCCCCC/C=C\C/C=C\C/C=C\CCCCC. The summed E-state index contributed by atoms with van der Waals surface area (Å²) in [6, 6.07) is 0. The first-order valence-corrected chi connectivity index (χ1v) is 23.3. The van der Waals surface area contributed by atoms with Crippen LogP contribution in [0.25, 0.3) is 0 Å². The lowest BCUT2D eigenvalue weighted by molar-refractivity contribution is -0.870. The van der Waals surface area contributed by atoms with Gasteiger partial charge in [0.25, 0.3) is 0 Å². The van der Waals surface area contributed by atoms with E-state index in [1.165, 1.54) is 25.7 Å². The predicted octanol–water partition coefficient (Wildman–Crippen LogP) is 11.2. The molecule has 0 radical (unpaired) electrons. The fraction of sp³-hybridized carbons (Fsp3) is 0.696. The number of aliphatic hydroxyl groups excluding tert-OH is 1. The monoisotopic (exact) mass is 823 g/mol. The molecule has 0 saturated carbocycles. The van der Waals surface area contributed by atoms with Gasteiger partial charge in [0.2, 0.25) is 0 Å². The summed E-state index contributed by atoms with van der Waals surface area (Å²) in [4.78, 5) is 35.4. The average Bonchev–Trinajstić information content (AvgIpc) is 3.15. The lowest BCUT2D eigenvalue weighted by Gasteiger charge is -2.24. The Morgan fingerprint density at radius 3 is 1.86 bits per heavy atom. The molecule has 2 unspecified atom stereocenters. The zero-order valence-corrected chi connectivity index (χ0v) is 37.3. The van der Waals surface area contributed by atoms with Crippen molar-refractivity contribution < 1.29 is 47.2 Å². The molecule has 0 heterocycles. The number of phosphoric acid groups is 1. The molecule has 0 aromatic rings. The van der Waals surface area contributed by atoms with Crippen molar-refractivity contribution in [2.75, 3.05) is 47.5 Å². The number of phosphoric ester groups is 1. The number of allylic oxidation sites excluding steroid dienone is 11. The minimum absolute atomic E-state index is 0.00728. The number of carbonyl (C=O) groups is 2. The highest BCUT2D eigenvalue weighted by atomic mass is 31.2. The zero-order valence-electron chi connectivity index (χ0n) is 36.4. The normalized spacial score (nSPS) is 14.9. The van der Waals surface area contributed by atoms with Crippen molar-refractivity contribution in [1.29, 1.82) is 0 Å². The summed E-state index contributed by atoms with van der Waals surface area (Å²) in [5.41, 5.74) is 0. The summed E-state index contributed by atoms with van der Waals surface area (Å²) >= 11 is 0. The van der Waals surface area contributed by atoms with Gasteiger partial charge in [0.15, 0.2) is 6.10 Å². The van der Waals surface area contributed by atoms with Gasteiger partial charge in [0.1, 0.15) is 19.8 Å². The third kappa shape index (κ3) is 41.4. The van der Waals surface area contributed by atoms with Gasteiger partial charge >= 0.3 is 19.8 Å². The fourth-order valence-electron chi connectivity index (χ4n) is 5.38. The Kier molecular flexibility index (Phi) is 36.0. The Bertz CT molecular complexity index is 1220. The van der Waals surface area contributed by atoms with Crippen LogP contribution in [0.5, 0.6) is 0 Å². The number of rotatable bonds is 38. The van der Waals surface area contributed by atoms with Crippen molar-refractivity contribution in [3.63, 3.8) is 0 Å². The summed E-state index contributed by atoms with van der Waals surface area (Å²) in [6.07, 6.45) is 42.5. The minimum atomic E-state index is -4.41. The topological polar surface area (TPSA) is 129 Å². The number of carbonyl (C=O) groups excluding carboxylic acids is 2. The van der Waals surface area contributed by atoms with E-state index < -0.39 is 38.6 Å². The van der Waals surface area contributed by atoms with E-state index in [0.29, 0.717) is 30.3 Å². The Morgan fingerprint density at radius 1 is 0.649 bits per heavy atom. The van der Waals surface area contributed by atoms with Crippen molar-refractivity contribution in [3.8, 4) is 0 Å². The van der Waals surface area contributed by atoms with E-state index in [-0.39, 0.29) is 26.1 Å². The molecule has 0 bridgehead atoms. The van der Waals surface area contributed by atoms with Gasteiger partial charge in [-0.25, -0.2) is 4.57 Å². The van der Waals surface area contributed by atoms with Gasteiger partial charge in [0, 0.05) is 12.8 Å². The first-order valence-electron chi connectivity index (χ1n) is 21.8. The van der Waals surface area contributed by atoms with Gasteiger partial charge in [-0.15, -0.1) is 0 Å². The van der Waals surface area contributed by atoms with Crippen LogP contribution < -0.4 is 0 Å². The van der Waals surface area contributed by atoms with Crippen LogP contribution >= 0.6 is 7.82 Å². The molecule has 0 fully saturated rings. The maximum absolute atomic E-state index is 12.7. The number of ether oxygens (including phenoxy) is 2. The average molecular weight is 823 g/mol. The van der Waals surface area contributed by atoms with Crippen molar-refractivity contribution in [1.82, 2.24) is 0 Å². The van der Waals surface area contributed by atoms with E-state index in [0.717, 1.165) is 77.0 Å². The quantitative estimate of drug-likeness (QED) is 0.0156. The van der Waals surface area contributed by atoms with E-state index >= 15 is 0 Å². The maximum Gasteiger partial charge on any atom is 0.472 e. The van der Waals surface area contributed by atoms with Crippen LogP contribution in [0.1, 0.15) is 149 Å². The summed E-state index contributed by atoms with van der Waals surface area (Å²) in [7, 11) is 1.39. The first-order chi connectivity index (χ1) is 27.4. The van der Waals surface area contributed by atoms with E-state index in [2.05, 4.69) is 68.5 Å². The Morgan fingerprint density at radius 2 is 1.21 bits per heavy atom. The highest BCUT2D eigenvalue weighted by Gasteiger charge is 2.27. The molecule has 328 valence electrons. The molecule has 0 amide bonds. The van der Waals surface area contributed by atoms with E-state index in [1.54, 1.807) is 0 Å². The molecule has 3 atom stereocenters. The standard InChI is InChI=1S/C46H80NO9P/c1-6-8-10-12-14-15-16-17-18-19-20-21-22-23-25-29-34-38-46(50)56-44(42-55-57(51,52)54-40-39-47(3,4)5)41-53-45(49)37-33-30-26-28-32-36-43(48)35-31-27-24-13-11-9-7-2/h9,11,14-15,17-18,20-21,24,27,31,35,43-44,48H,6-8,10,12-13,16,19,22-23,25-26,28-30,32-34,36-42H2,1-5H3/p+1/b11-9+,15-14-,18-17-,21-20-,27-24+,35-31+/t43?,44-/m1/s1. The number of hydrogen-bond acceptors (Lipinski definition) is 8. The summed E-state index contributed by atoms with van der Waals surface area (Å²) in [5.74, 6) is -0.908. The third-order valence-electron chi connectivity index (χ3n) is 8.82. The predicted molar refractivity (Wildman–Crippen MR) is 235 cm³/mol. The largest absolute Gasteiger partial charge is 0.472 e. The molecular formula is C46H81NO9P+. The lowest BCUT2D eigenvalue weighted by Crippen LogP contribution is -2.37. The first kappa shape index (κ1) is 54.4. The van der Waals surface area contributed by atoms with Crippen LogP contribution in [0.2, 0.25) is 0 Å². The van der Waals surface area contributed by atoms with Crippen molar-refractivity contribution in [2.24, 2.45) is 0 Å². The molecule has 0 saturated heterocycles. The molecule has 0 aromatic heterocycles. The van der Waals surface area contributed by atoms with Crippen LogP contribution in [0.15, 0.2) is 72.9 Å². The van der Waals surface area contributed by atoms with Crippen LogP contribution in [-0.2, 0) is 32.7 Å². The highest BCUT2D eigenvalue weighted by molar-refractivity contribution is 7.47. The number of aliphatic hydroxyl groups is 1. The zero-order chi connectivity index (χ0) is 42.3. The third-order valence-corrected chi connectivity index (χ3v) is 9.81. The molecule has 0 aliphatic heterocycles. The number of unbranched alkanes of at least 4 members (excludes halogenated alkanes) is 11. The van der Waals surface area contributed by atoms with Gasteiger partial charge in [-0.3, -0.25) is 18.6 Å². The van der Waals surface area contributed by atoms with Crippen LogP contribution in [0.4, 0.5) is 0 Å². The fourth-order valence-corrected chi connectivity index (χ4v) is 6.12. The molecule has 10 nitrogen and oxygen atoms in total. The molecule has 2 N–H and O–H groups in total. The highest BCUT2D eigenvalue weighted by Crippen LogP contribution is 2.43. The van der Waals surface area contributed by atoms with Crippen molar-refractivity contribution in [3.05, 3.63) is 72.9 Å². The smallest absolute Gasteiger partial charge is 0.462 e. The molecule has 0 aliphatic carbocycles. The number of esters is 2. The van der Waals surface area contributed by atoms with Crippen LogP contribution in [0.3, 0.4) is 0 Å². The second-order valence-electron chi connectivity index (χ2n) is 15.5. The van der Waals surface area contributed by atoms with E-state index in [4.69, 9.17) is 18.5 Å². The van der Waals surface area contributed by atoms with Crippen molar-refractivity contribution in [2.45, 2.75) is 161 Å². The maximum atomic E-state index is 12.7. The number of nitrogens with zero attached hydrogens (tertiary/aromatic N) is 1. The Labute approximate surface area is 347 Å². The molecule has 57 heavy (non-hydrogen) atoms. The van der Waals surface area contributed by atoms with E-state index in [1.807, 2.05) is 39.4 Å². The Balaban J connectivity index is 4.51. The van der Waals surface area contributed by atoms with Gasteiger partial charge in [0.05, 0.1) is 33.9 Å². The second kappa shape index (κ2) is 37.7. The van der Waals surface area contributed by atoms with Gasteiger partial charge < -0.3 is 24.0 Å². The summed E-state index contributed by atoms with van der Waals surface area (Å²) in [6.45, 7) is 4.10. The van der Waals surface area contributed by atoms with E-state index in [9.17, 15) is 24.2 Å². The number of hydrogen-bond donors (Lipinski definition) is 2. The number of quaternary nitrogens is 1. The van der Waals surface area contributed by atoms with Gasteiger partial charge in [-0.05, 0) is 70.6 Å². The summed E-state index contributed by atoms with van der Waals surface area (Å²) in [5, 5.41) is 10.1. The van der Waals surface area contributed by atoms with Crippen LogP contribution in [-0.4, -0.2) is 86.1 Å². The van der Waals surface area contributed by atoms with Crippen LogP contribution in [0, 0.1) is 0 Å². The second-order valence-corrected chi connectivity index (χ2v) is 17.0. The van der Waals surface area contributed by atoms with Crippen molar-refractivity contribution >= 4 is 19.8 Å².